The van der Waals surface area contributed by atoms with Gasteiger partial charge in [0.05, 0.1) is 17.8 Å². The van der Waals surface area contributed by atoms with Crippen LogP contribution in [0, 0.1) is 0 Å². The molecule has 0 amide bonds. The van der Waals surface area contributed by atoms with Crippen LogP contribution in [0.25, 0.3) is 0 Å². The van der Waals surface area contributed by atoms with E-state index in [9.17, 15) is 0 Å². The molecule has 2 N–H and O–H groups in total. The average Bonchev–Trinajstić information content (AvgIpc) is 2.24. The van der Waals surface area contributed by atoms with E-state index in [1.54, 1.807) is 7.11 Å². The molecule has 0 aromatic heterocycles. The predicted octanol–water partition coefficient (Wildman–Crippen LogP) is 1.24. The molecule has 1 rings (SSSR count). The second-order valence-electron chi connectivity index (χ2n) is 5.77. The van der Waals surface area contributed by atoms with Crippen molar-refractivity contribution in [2.24, 2.45) is 5.73 Å². The third-order valence-electron chi connectivity index (χ3n) is 3.52. The first-order valence-electron chi connectivity index (χ1n) is 6.52. The Bertz CT molecular complexity index is 223. The van der Waals surface area contributed by atoms with E-state index >= 15 is 0 Å². The normalized spacial score (nSPS) is 29.3. The number of rotatable bonds is 5. The maximum atomic E-state index is 5.92. The molecule has 1 fully saturated rings. The third-order valence-corrected chi connectivity index (χ3v) is 3.52. The van der Waals surface area contributed by atoms with E-state index in [0.29, 0.717) is 24.8 Å². The van der Waals surface area contributed by atoms with Gasteiger partial charge in [0.15, 0.2) is 0 Å². The first-order chi connectivity index (χ1) is 7.88. The smallest absolute Gasteiger partial charge is 0.0678 e. The standard InChI is InChI=1S/C13H28N2O2/c1-10-8-15(9-11(2)17-10)12(7-14)6-13(3,4)16-5/h10-12H,6-9,14H2,1-5H3/t10-,11+,12?. The highest BCUT2D eigenvalue weighted by Gasteiger charge is 2.31. The molecule has 3 atom stereocenters. The monoisotopic (exact) mass is 244 g/mol. The molecule has 0 saturated carbocycles. The summed E-state index contributed by atoms with van der Waals surface area (Å²) in [5.74, 6) is 0. The Morgan fingerprint density at radius 1 is 1.35 bits per heavy atom. The van der Waals surface area contributed by atoms with Gasteiger partial charge in [0.2, 0.25) is 0 Å². The topological polar surface area (TPSA) is 47.7 Å². The lowest BCUT2D eigenvalue weighted by atomic mass is 9.96. The highest BCUT2D eigenvalue weighted by atomic mass is 16.5. The molecule has 4 heteroatoms. The quantitative estimate of drug-likeness (QED) is 0.790. The molecular weight excluding hydrogens is 216 g/mol. The SMILES string of the molecule is COC(C)(C)CC(CN)N1C[C@@H](C)O[C@@H](C)C1. The van der Waals surface area contributed by atoms with Crippen molar-refractivity contribution in [1.82, 2.24) is 4.90 Å². The van der Waals surface area contributed by atoms with Crippen LogP contribution >= 0.6 is 0 Å². The van der Waals surface area contributed by atoms with Crippen molar-refractivity contribution in [3.05, 3.63) is 0 Å². The van der Waals surface area contributed by atoms with Crippen molar-refractivity contribution in [3.63, 3.8) is 0 Å². The number of hydrogen-bond acceptors (Lipinski definition) is 4. The number of methoxy groups -OCH3 is 1. The van der Waals surface area contributed by atoms with Crippen LogP contribution in [-0.4, -0.2) is 55.5 Å². The van der Waals surface area contributed by atoms with Gasteiger partial charge < -0.3 is 15.2 Å². The van der Waals surface area contributed by atoms with Crippen molar-refractivity contribution in [3.8, 4) is 0 Å². The number of ether oxygens (including phenoxy) is 2. The summed E-state index contributed by atoms with van der Waals surface area (Å²) < 4.78 is 11.3. The van der Waals surface area contributed by atoms with Crippen molar-refractivity contribution in [2.75, 3.05) is 26.7 Å². The summed E-state index contributed by atoms with van der Waals surface area (Å²) >= 11 is 0. The first-order valence-corrected chi connectivity index (χ1v) is 6.52. The van der Waals surface area contributed by atoms with Crippen LogP contribution < -0.4 is 5.73 Å². The van der Waals surface area contributed by atoms with E-state index < -0.39 is 0 Å². The van der Waals surface area contributed by atoms with Gasteiger partial charge in [0.1, 0.15) is 0 Å². The van der Waals surface area contributed by atoms with Crippen LogP contribution in [0.15, 0.2) is 0 Å². The summed E-state index contributed by atoms with van der Waals surface area (Å²) in [5.41, 5.74) is 5.80. The number of morpholine rings is 1. The Morgan fingerprint density at radius 2 is 1.88 bits per heavy atom. The lowest BCUT2D eigenvalue weighted by Gasteiger charge is -2.42. The zero-order valence-electron chi connectivity index (χ0n) is 11.9. The molecular formula is C13H28N2O2. The molecule has 4 nitrogen and oxygen atoms in total. The van der Waals surface area contributed by atoms with E-state index in [1.165, 1.54) is 0 Å². The molecule has 0 aromatic rings. The Morgan fingerprint density at radius 3 is 2.29 bits per heavy atom. The average molecular weight is 244 g/mol. The van der Waals surface area contributed by atoms with Crippen LogP contribution in [0.4, 0.5) is 0 Å². The highest BCUT2D eigenvalue weighted by molar-refractivity contribution is 4.85. The fourth-order valence-corrected chi connectivity index (χ4v) is 2.53. The molecule has 17 heavy (non-hydrogen) atoms. The van der Waals surface area contributed by atoms with Crippen molar-refractivity contribution in [1.29, 1.82) is 0 Å². The molecule has 1 unspecified atom stereocenters. The molecule has 102 valence electrons. The van der Waals surface area contributed by atoms with Gasteiger partial charge in [-0.25, -0.2) is 0 Å². The zero-order chi connectivity index (χ0) is 13.1. The van der Waals surface area contributed by atoms with Crippen molar-refractivity contribution >= 4 is 0 Å². The van der Waals surface area contributed by atoms with Gasteiger partial charge in [-0.2, -0.15) is 0 Å². The van der Waals surface area contributed by atoms with Gasteiger partial charge in [0, 0.05) is 32.8 Å². The van der Waals surface area contributed by atoms with Crippen molar-refractivity contribution in [2.45, 2.75) is 58.0 Å². The maximum absolute atomic E-state index is 5.92. The van der Waals surface area contributed by atoms with Gasteiger partial charge in [-0.05, 0) is 34.1 Å². The third kappa shape index (κ3) is 4.54. The number of nitrogens with two attached hydrogens (primary N) is 1. The molecule has 1 aliphatic rings. The maximum Gasteiger partial charge on any atom is 0.0678 e. The number of nitrogens with zero attached hydrogens (tertiary/aromatic N) is 1. The van der Waals surface area contributed by atoms with E-state index in [4.69, 9.17) is 15.2 Å². The highest BCUT2D eigenvalue weighted by Crippen LogP contribution is 2.21. The lowest BCUT2D eigenvalue weighted by Crippen LogP contribution is -2.54. The molecule has 0 spiro atoms. The van der Waals surface area contributed by atoms with E-state index in [1.807, 2.05) is 0 Å². The summed E-state index contributed by atoms with van der Waals surface area (Å²) in [5, 5.41) is 0. The van der Waals surface area contributed by atoms with Crippen LogP contribution in [0.1, 0.15) is 34.1 Å². The summed E-state index contributed by atoms with van der Waals surface area (Å²) in [4.78, 5) is 2.44. The Labute approximate surface area is 105 Å². The van der Waals surface area contributed by atoms with Crippen LogP contribution in [0.3, 0.4) is 0 Å². The van der Waals surface area contributed by atoms with Gasteiger partial charge in [-0.15, -0.1) is 0 Å². The molecule has 1 aliphatic heterocycles. The number of hydrogen-bond donors (Lipinski definition) is 1. The Kier molecular flexibility index (Phi) is 5.38. The summed E-state index contributed by atoms with van der Waals surface area (Å²) in [7, 11) is 1.76. The van der Waals surface area contributed by atoms with Crippen LogP contribution in [0.2, 0.25) is 0 Å². The molecule has 0 radical (unpaired) electrons. The largest absolute Gasteiger partial charge is 0.379 e. The molecule has 0 bridgehead atoms. The second-order valence-corrected chi connectivity index (χ2v) is 5.77. The first kappa shape index (κ1) is 14.9. The summed E-state index contributed by atoms with van der Waals surface area (Å²) in [6.07, 6.45) is 1.54. The zero-order valence-corrected chi connectivity index (χ0v) is 11.9. The minimum absolute atomic E-state index is 0.116. The summed E-state index contributed by atoms with van der Waals surface area (Å²) in [6, 6.07) is 0.374. The minimum atomic E-state index is -0.116. The van der Waals surface area contributed by atoms with E-state index in [0.717, 1.165) is 19.5 Å². The second kappa shape index (κ2) is 6.14. The van der Waals surface area contributed by atoms with Gasteiger partial charge in [-0.3, -0.25) is 4.90 Å². The predicted molar refractivity (Wildman–Crippen MR) is 70.1 cm³/mol. The van der Waals surface area contributed by atoms with Crippen LogP contribution in [0.5, 0.6) is 0 Å². The fraction of sp³-hybridized carbons (Fsp3) is 1.00. The van der Waals surface area contributed by atoms with E-state index in [-0.39, 0.29) is 5.60 Å². The lowest BCUT2D eigenvalue weighted by molar-refractivity contribution is -0.0908. The van der Waals surface area contributed by atoms with Crippen molar-refractivity contribution < 1.29 is 9.47 Å². The molecule has 1 heterocycles. The fourth-order valence-electron chi connectivity index (χ4n) is 2.53. The van der Waals surface area contributed by atoms with Gasteiger partial charge in [-0.1, -0.05) is 0 Å². The van der Waals surface area contributed by atoms with E-state index in [2.05, 4.69) is 32.6 Å². The molecule has 1 saturated heterocycles. The van der Waals surface area contributed by atoms with Gasteiger partial charge in [0.25, 0.3) is 0 Å². The van der Waals surface area contributed by atoms with Crippen LogP contribution in [-0.2, 0) is 9.47 Å². The summed E-state index contributed by atoms with van der Waals surface area (Å²) in [6.45, 7) is 11.1. The Balaban J connectivity index is 2.60. The molecule has 0 aromatic carbocycles. The minimum Gasteiger partial charge on any atom is -0.379 e. The Hall–Kier alpha value is -0.160. The molecule has 0 aliphatic carbocycles. The van der Waals surface area contributed by atoms with Gasteiger partial charge >= 0.3 is 0 Å².